The van der Waals surface area contributed by atoms with E-state index in [1.807, 2.05) is 19.9 Å². The lowest BCUT2D eigenvalue weighted by molar-refractivity contribution is -0.116. The van der Waals surface area contributed by atoms with E-state index in [1.54, 1.807) is 24.4 Å². The predicted molar refractivity (Wildman–Crippen MR) is 108 cm³/mol. The molecule has 0 saturated heterocycles. The van der Waals surface area contributed by atoms with Crippen LogP contribution in [0.4, 0.5) is 10.2 Å². The first kappa shape index (κ1) is 19.1. The van der Waals surface area contributed by atoms with Crippen LogP contribution in [0.2, 0.25) is 0 Å². The topological polar surface area (TPSA) is 71.1 Å². The van der Waals surface area contributed by atoms with Crippen LogP contribution in [0, 0.1) is 12.7 Å². The van der Waals surface area contributed by atoms with Crippen molar-refractivity contribution in [1.29, 1.82) is 0 Å². The number of amides is 1. The van der Waals surface area contributed by atoms with Crippen LogP contribution in [0.5, 0.6) is 0 Å². The fraction of sp³-hybridized carbons (Fsp3) is 0.261. The molecule has 2 N–H and O–H groups in total. The Labute approximate surface area is 168 Å². The number of anilines is 1. The quantitative estimate of drug-likeness (QED) is 0.825. The van der Waals surface area contributed by atoms with Gasteiger partial charge >= 0.3 is 0 Å². The Bertz CT molecular complexity index is 1040. The van der Waals surface area contributed by atoms with E-state index in [9.17, 15) is 14.0 Å². The summed E-state index contributed by atoms with van der Waals surface area (Å²) in [5.41, 5.74) is 4.32. The number of carbonyl (C=O) groups is 2. The van der Waals surface area contributed by atoms with E-state index in [0.717, 1.165) is 29.7 Å². The van der Waals surface area contributed by atoms with Gasteiger partial charge in [-0.15, -0.1) is 0 Å². The Morgan fingerprint density at radius 2 is 1.90 bits per heavy atom. The van der Waals surface area contributed by atoms with Gasteiger partial charge in [0.15, 0.2) is 5.78 Å². The van der Waals surface area contributed by atoms with Crippen molar-refractivity contribution in [3.8, 4) is 0 Å². The second-order valence-electron chi connectivity index (χ2n) is 7.49. The van der Waals surface area contributed by atoms with E-state index in [0.29, 0.717) is 29.1 Å². The molecule has 0 saturated carbocycles. The van der Waals surface area contributed by atoms with E-state index in [-0.39, 0.29) is 17.5 Å². The first-order chi connectivity index (χ1) is 13.9. The molecule has 1 aliphatic heterocycles. The van der Waals surface area contributed by atoms with Gasteiger partial charge in [-0.2, -0.15) is 0 Å². The fourth-order valence-corrected chi connectivity index (χ4v) is 4.00. The van der Waals surface area contributed by atoms with Gasteiger partial charge < -0.3 is 10.6 Å². The monoisotopic (exact) mass is 391 g/mol. The van der Waals surface area contributed by atoms with Crippen molar-refractivity contribution in [2.75, 3.05) is 5.32 Å². The molecular weight excluding hydrogens is 369 g/mol. The second-order valence-corrected chi connectivity index (χ2v) is 7.49. The number of aromatic nitrogens is 1. The number of carbonyl (C=O) groups excluding carboxylic acids is 2. The van der Waals surface area contributed by atoms with Crippen LogP contribution >= 0.6 is 0 Å². The molecule has 0 unspecified atom stereocenters. The molecule has 1 amide bonds. The standard InChI is InChI=1S/C23H22FN3O2/c1-13-6-11-19(25-12-13)27-23(29)20-14(2)26-17-4-3-5-18(28)22(17)21(20)15-7-9-16(24)10-8-15/h6-12,21,26H,3-5H2,1-2H3,(H,25,27,29)/t21-/m0/s1. The summed E-state index contributed by atoms with van der Waals surface area (Å²) in [4.78, 5) is 30.3. The third kappa shape index (κ3) is 3.70. The number of benzene rings is 1. The first-order valence-corrected chi connectivity index (χ1v) is 9.67. The number of nitrogens with one attached hydrogen (secondary N) is 2. The Kier molecular flexibility index (Phi) is 5.01. The van der Waals surface area contributed by atoms with Crippen molar-refractivity contribution < 1.29 is 14.0 Å². The van der Waals surface area contributed by atoms with Crippen molar-refractivity contribution in [1.82, 2.24) is 10.3 Å². The van der Waals surface area contributed by atoms with Gasteiger partial charge in [0.25, 0.3) is 5.91 Å². The zero-order valence-corrected chi connectivity index (χ0v) is 16.4. The third-order valence-corrected chi connectivity index (χ3v) is 5.38. The molecule has 2 aromatic rings. The van der Waals surface area contributed by atoms with Crippen LogP contribution in [0.3, 0.4) is 0 Å². The molecule has 1 aliphatic carbocycles. The van der Waals surface area contributed by atoms with Gasteiger partial charge in [-0.05, 0) is 56.0 Å². The number of halogens is 1. The normalized spacial score (nSPS) is 19.0. The summed E-state index contributed by atoms with van der Waals surface area (Å²) >= 11 is 0. The Hall–Kier alpha value is -3.28. The van der Waals surface area contributed by atoms with Crippen LogP contribution in [0.1, 0.15) is 43.2 Å². The van der Waals surface area contributed by atoms with Gasteiger partial charge in [0.2, 0.25) is 0 Å². The van der Waals surface area contributed by atoms with Crippen molar-refractivity contribution in [2.45, 2.75) is 39.0 Å². The van der Waals surface area contributed by atoms with Gasteiger partial charge in [0, 0.05) is 41.1 Å². The Balaban J connectivity index is 1.77. The van der Waals surface area contributed by atoms with Gasteiger partial charge in [-0.25, -0.2) is 9.37 Å². The number of rotatable bonds is 3. The van der Waals surface area contributed by atoms with Crippen molar-refractivity contribution in [3.05, 3.63) is 82.1 Å². The van der Waals surface area contributed by atoms with E-state index < -0.39 is 5.92 Å². The van der Waals surface area contributed by atoms with Crippen LogP contribution in [-0.2, 0) is 9.59 Å². The molecule has 2 aliphatic rings. The largest absolute Gasteiger partial charge is 0.362 e. The number of aryl methyl sites for hydroxylation is 1. The number of allylic oxidation sites excluding steroid dienone is 3. The van der Waals surface area contributed by atoms with Gasteiger partial charge in [-0.3, -0.25) is 9.59 Å². The smallest absolute Gasteiger partial charge is 0.255 e. The van der Waals surface area contributed by atoms with Crippen molar-refractivity contribution >= 4 is 17.5 Å². The lowest BCUT2D eigenvalue weighted by Crippen LogP contribution is -2.35. The van der Waals surface area contributed by atoms with E-state index in [1.165, 1.54) is 12.1 Å². The Morgan fingerprint density at radius 1 is 1.14 bits per heavy atom. The second kappa shape index (κ2) is 7.62. The van der Waals surface area contributed by atoms with E-state index in [4.69, 9.17) is 0 Å². The summed E-state index contributed by atoms with van der Waals surface area (Å²) in [6.45, 7) is 3.75. The fourth-order valence-electron chi connectivity index (χ4n) is 4.00. The molecule has 1 aromatic heterocycles. The summed E-state index contributed by atoms with van der Waals surface area (Å²) in [5, 5.41) is 6.10. The maximum Gasteiger partial charge on any atom is 0.255 e. The maximum absolute atomic E-state index is 13.5. The van der Waals surface area contributed by atoms with Crippen molar-refractivity contribution in [3.63, 3.8) is 0 Å². The number of hydrogen-bond acceptors (Lipinski definition) is 4. The summed E-state index contributed by atoms with van der Waals surface area (Å²) in [5.74, 6) is -0.758. The zero-order chi connectivity index (χ0) is 20.5. The van der Waals surface area contributed by atoms with Gasteiger partial charge in [-0.1, -0.05) is 18.2 Å². The molecule has 1 atom stereocenters. The number of ketones is 1. The lowest BCUT2D eigenvalue weighted by atomic mass is 9.75. The molecule has 148 valence electrons. The summed E-state index contributed by atoms with van der Waals surface area (Å²) in [7, 11) is 0. The minimum Gasteiger partial charge on any atom is -0.362 e. The molecule has 0 radical (unpaired) electrons. The average Bonchev–Trinajstić information content (AvgIpc) is 2.69. The van der Waals surface area contributed by atoms with Crippen molar-refractivity contribution in [2.24, 2.45) is 0 Å². The predicted octanol–water partition coefficient (Wildman–Crippen LogP) is 4.14. The maximum atomic E-state index is 13.5. The first-order valence-electron chi connectivity index (χ1n) is 9.67. The molecule has 0 fully saturated rings. The lowest BCUT2D eigenvalue weighted by Gasteiger charge is -2.34. The highest BCUT2D eigenvalue weighted by Gasteiger charge is 2.38. The molecule has 0 spiro atoms. The minimum absolute atomic E-state index is 0.0272. The molecule has 5 nitrogen and oxygen atoms in total. The summed E-state index contributed by atoms with van der Waals surface area (Å²) in [6, 6.07) is 9.61. The molecule has 4 rings (SSSR count). The van der Waals surface area contributed by atoms with Crippen LogP contribution in [0.25, 0.3) is 0 Å². The van der Waals surface area contributed by atoms with Gasteiger partial charge in [0.1, 0.15) is 11.6 Å². The number of dihydropyridines is 1. The van der Waals surface area contributed by atoms with Crippen LogP contribution < -0.4 is 10.6 Å². The minimum atomic E-state index is -0.537. The summed E-state index contributed by atoms with van der Waals surface area (Å²) < 4.78 is 13.5. The highest BCUT2D eigenvalue weighted by atomic mass is 19.1. The van der Waals surface area contributed by atoms with E-state index in [2.05, 4.69) is 15.6 Å². The van der Waals surface area contributed by atoms with Gasteiger partial charge in [0.05, 0.1) is 0 Å². The highest BCUT2D eigenvalue weighted by Crippen LogP contribution is 2.42. The molecule has 6 heteroatoms. The van der Waals surface area contributed by atoms with E-state index >= 15 is 0 Å². The molecular formula is C23H22FN3O2. The number of hydrogen-bond donors (Lipinski definition) is 2. The van der Waals surface area contributed by atoms with Crippen LogP contribution in [0.15, 0.2) is 65.1 Å². The SMILES string of the molecule is CC1=C(C(=O)Nc2ccc(C)cn2)[C@H](c2ccc(F)cc2)C2=C(CCCC2=O)N1. The number of pyridine rings is 1. The summed E-state index contributed by atoms with van der Waals surface area (Å²) in [6.07, 6.45) is 3.66. The molecule has 1 aromatic carbocycles. The van der Waals surface area contributed by atoms with Crippen LogP contribution in [-0.4, -0.2) is 16.7 Å². The average molecular weight is 391 g/mol. The molecule has 29 heavy (non-hydrogen) atoms. The molecule has 2 heterocycles. The third-order valence-electron chi connectivity index (χ3n) is 5.38. The Morgan fingerprint density at radius 3 is 2.59 bits per heavy atom. The molecule has 0 bridgehead atoms. The number of nitrogens with zero attached hydrogens (tertiary/aromatic N) is 1. The zero-order valence-electron chi connectivity index (χ0n) is 16.4. The highest BCUT2D eigenvalue weighted by molar-refractivity contribution is 6.09. The number of Topliss-reactive ketones (excluding diaryl/α,β-unsaturated/α-hetero) is 1.